The van der Waals surface area contributed by atoms with Crippen molar-refractivity contribution in [1.82, 2.24) is 4.98 Å². The predicted molar refractivity (Wildman–Crippen MR) is 77.5 cm³/mol. The summed E-state index contributed by atoms with van der Waals surface area (Å²) in [6.07, 6.45) is 1.32. The van der Waals surface area contributed by atoms with Gasteiger partial charge in [0, 0.05) is 11.9 Å². The molecule has 0 aliphatic carbocycles. The van der Waals surface area contributed by atoms with E-state index in [0.717, 1.165) is 5.56 Å². The lowest BCUT2D eigenvalue weighted by atomic mass is 10.1. The minimum Gasteiger partial charge on any atom is -0.384 e. The predicted octanol–water partition coefficient (Wildman–Crippen LogP) is 2.75. The van der Waals surface area contributed by atoms with E-state index in [0.29, 0.717) is 11.3 Å². The van der Waals surface area contributed by atoms with Crippen molar-refractivity contribution in [2.75, 3.05) is 11.1 Å². The molecule has 1 aromatic heterocycles. The maximum atomic E-state index is 12.2. The minimum atomic E-state index is -0.401. The molecule has 0 bridgehead atoms. The van der Waals surface area contributed by atoms with Crippen LogP contribution in [0.2, 0.25) is 5.02 Å². The first-order chi connectivity index (χ1) is 9.51. The smallest absolute Gasteiger partial charge is 0.257 e. The molecular formula is C14H11ClN4O. The van der Waals surface area contributed by atoms with Crippen molar-refractivity contribution in [1.29, 1.82) is 5.26 Å². The van der Waals surface area contributed by atoms with Gasteiger partial charge < -0.3 is 11.1 Å². The Bertz CT molecular complexity index is 722. The third kappa shape index (κ3) is 2.87. The highest BCUT2D eigenvalue weighted by molar-refractivity contribution is 6.34. The molecule has 2 rings (SSSR count). The Morgan fingerprint density at radius 1 is 1.45 bits per heavy atom. The van der Waals surface area contributed by atoms with Crippen LogP contribution in [0.15, 0.2) is 30.5 Å². The number of carbonyl (C=O) groups excluding carboxylic acids is 1. The van der Waals surface area contributed by atoms with E-state index in [-0.39, 0.29) is 16.4 Å². The molecule has 3 N–H and O–H groups in total. The molecule has 0 fully saturated rings. The standard InChI is InChI=1S/C14H11ClN4O/c1-8-2-3-9(6-16)4-12(8)19-14(20)10-5-13(17)18-7-11(10)15/h2-5,7H,1H3,(H2,17,18)(H,19,20). The largest absolute Gasteiger partial charge is 0.384 e. The van der Waals surface area contributed by atoms with E-state index in [9.17, 15) is 4.79 Å². The van der Waals surface area contributed by atoms with Gasteiger partial charge in [0.2, 0.25) is 0 Å². The van der Waals surface area contributed by atoms with Crippen molar-refractivity contribution in [2.45, 2.75) is 6.92 Å². The summed E-state index contributed by atoms with van der Waals surface area (Å²) in [7, 11) is 0. The molecule has 0 unspecified atom stereocenters. The van der Waals surface area contributed by atoms with Gasteiger partial charge in [-0.2, -0.15) is 5.26 Å². The maximum Gasteiger partial charge on any atom is 0.257 e. The Labute approximate surface area is 121 Å². The van der Waals surface area contributed by atoms with Crippen LogP contribution in [-0.2, 0) is 0 Å². The van der Waals surface area contributed by atoms with Crippen LogP contribution in [0, 0.1) is 18.3 Å². The van der Waals surface area contributed by atoms with Gasteiger partial charge in [-0.05, 0) is 30.7 Å². The van der Waals surface area contributed by atoms with Gasteiger partial charge in [0.05, 0.1) is 22.2 Å². The van der Waals surface area contributed by atoms with E-state index in [1.54, 1.807) is 18.2 Å². The summed E-state index contributed by atoms with van der Waals surface area (Å²) in [6, 6.07) is 8.47. The quantitative estimate of drug-likeness (QED) is 0.888. The van der Waals surface area contributed by atoms with Gasteiger partial charge in [0.15, 0.2) is 0 Å². The van der Waals surface area contributed by atoms with Crippen LogP contribution >= 0.6 is 11.6 Å². The Morgan fingerprint density at radius 3 is 2.90 bits per heavy atom. The number of benzene rings is 1. The summed E-state index contributed by atoms with van der Waals surface area (Å²) in [5, 5.41) is 11.8. The number of nitrogens with two attached hydrogens (primary N) is 1. The van der Waals surface area contributed by atoms with Crippen LogP contribution < -0.4 is 11.1 Å². The number of aromatic nitrogens is 1. The van der Waals surface area contributed by atoms with E-state index < -0.39 is 5.91 Å². The number of hydrogen-bond donors (Lipinski definition) is 2. The van der Waals surface area contributed by atoms with Gasteiger partial charge in [-0.3, -0.25) is 4.79 Å². The molecule has 0 atom stereocenters. The number of nitrogens with zero attached hydrogens (tertiary/aromatic N) is 2. The van der Waals surface area contributed by atoms with Crippen molar-refractivity contribution in [3.05, 3.63) is 52.2 Å². The van der Waals surface area contributed by atoms with Gasteiger partial charge in [0.1, 0.15) is 5.82 Å². The molecule has 0 saturated heterocycles. The fraction of sp³-hybridized carbons (Fsp3) is 0.0714. The van der Waals surface area contributed by atoms with E-state index in [1.165, 1.54) is 12.3 Å². The first kappa shape index (κ1) is 13.8. The number of hydrogen-bond acceptors (Lipinski definition) is 4. The van der Waals surface area contributed by atoms with E-state index >= 15 is 0 Å². The first-order valence-corrected chi connectivity index (χ1v) is 6.12. The zero-order valence-corrected chi connectivity index (χ0v) is 11.4. The Balaban J connectivity index is 2.33. The molecule has 6 heteroatoms. The first-order valence-electron chi connectivity index (χ1n) is 5.74. The summed E-state index contributed by atoms with van der Waals surface area (Å²) in [6.45, 7) is 1.83. The molecule has 20 heavy (non-hydrogen) atoms. The summed E-state index contributed by atoms with van der Waals surface area (Å²) in [5.74, 6) is -0.190. The number of nitrogen functional groups attached to an aromatic ring is 1. The molecule has 100 valence electrons. The molecular weight excluding hydrogens is 276 g/mol. The topological polar surface area (TPSA) is 91.8 Å². The zero-order valence-electron chi connectivity index (χ0n) is 10.6. The second-order valence-corrected chi connectivity index (χ2v) is 4.59. The molecule has 2 aromatic rings. The molecule has 0 saturated carbocycles. The zero-order chi connectivity index (χ0) is 14.7. The van der Waals surface area contributed by atoms with Crippen LogP contribution in [0.25, 0.3) is 0 Å². The normalized spacial score (nSPS) is 9.85. The van der Waals surface area contributed by atoms with Gasteiger partial charge in [-0.15, -0.1) is 0 Å². The number of amides is 1. The summed E-state index contributed by atoms with van der Waals surface area (Å²) in [5.41, 5.74) is 7.64. The summed E-state index contributed by atoms with van der Waals surface area (Å²) >= 11 is 5.92. The third-order valence-electron chi connectivity index (χ3n) is 2.74. The Hall–Kier alpha value is -2.58. The SMILES string of the molecule is Cc1ccc(C#N)cc1NC(=O)c1cc(N)ncc1Cl. The molecule has 5 nitrogen and oxygen atoms in total. The van der Waals surface area contributed by atoms with Crippen LogP contribution in [0.5, 0.6) is 0 Å². The third-order valence-corrected chi connectivity index (χ3v) is 3.04. The number of nitriles is 1. The molecule has 0 aliphatic rings. The maximum absolute atomic E-state index is 12.2. The highest BCUT2D eigenvalue weighted by Gasteiger charge is 2.13. The summed E-state index contributed by atoms with van der Waals surface area (Å²) < 4.78 is 0. The minimum absolute atomic E-state index is 0.210. The van der Waals surface area contributed by atoms with Gasteiger partial charge >= 0.3 is 0 Å². The second kappa shape index (κ2) is 5.59. The fourth-order valence-corrected chi connectivity index (χ4v) is 1.83. The molecule has 1 amide bonds. The average molecular weight is 287 g/mol. The van der Waals surface area contributed by atoms with Gasteiger partial charge in [-0.1, -0.05) is 17.7 Å². The number of halogens is 1. The number of anilines is 2. The molecule has 0 radical (unpaired) electrons. The lowest BCUT2D eigenvalue weighted by molar-refractivity contribution is 0.102. The van der Waals surface area contributed by atoms with E-state index in [2.05, 4.69) is 10.3 Å². The van der Waals surface area contributed by atoms with Crippen molar-refractivity contribution in [3.8, 4) is 6.07 Å². The number of rotatable bonds is 2. The molecule has 1 heterocycles. The second-order valence-electron chi connectivity index (χ2n) is 4.18. The summed E-state index contributed by atoms with van der Waals surface area (Å²) in [4.78, 5) is 16.0. The van der Waals surface area contributed by atoms with Gasteiger partial charge in [0.25, 0.3) is 5.91 Å². The lowest BCUT2D eigenvalue weighted by Crippen LogP contribution is -2.14. The van der Waals surface area contributed by atoms with Crippen LogP contribution in [0.3, 0.4) is 0 Å². The highest BCUT2D eigenvalue weighted by Crippen LogP contribution is 2.21. The van der Waals surface area contributed by atoms with Crippen LogP contribution in [0.1, 0.15) is 21.5 Å². The Morgan fingerprint density at radius 2 is 2.20 bits per heavy atom. The van der Waals surface area contributed by atoms with Gasteiger partial charge in [-0.25, -0.2) is 4.98 Å². The number of nitrogens with one attached hydrogen (secondary N) is 1. The monoisotopic (exact) mass is 286 g/mol. The fourth-order valence-electron chi connectivity index (χ4n) is 1.64. The highest BCUT2D eigenvalue weighted by atomic mass is 35.5. The van der Waals surface area contributed by atoms with Crippen LogP contribution in [0.4, 0.5) is 11.5 Å². The van der Waals surface area contributed by atoms with Crippen molar-refractivity contribution in [2.24, 2.45) is 0 Å². The lowest BCUT2D eigenvalue weighted by Gasteiger charge is -2.10. The van der Waals surface area contributed by atoms with Crippen LogP contribution in [-0.4, -0.2) is 10.9 Å². The van der Waals surface area contributed by atoms with E-state index in [1.807, 2.05) is 13.0 Å². The van der Waals surface area contributed by atoms with Crippen molar-refractivity contribution in [3.63, 3.8) is 0 Å². The number of pyridine rings is 1. The van der Waals surface area contributed by atoms with Crippen molar-refractivity contribution >= 4 is 29.0 Å². The number of aryl methyl sites for hydroxylation is 1. The molecule has 1 aromatic carbocycles. The average Bonchev–Trinajstić information content (AvgIpc) is 2.43. The Kier molecular flexibility index (Phi) is 3.87. The van der Waals surface area contributed by atoms with E-state index in [4.69, 9.17) is 22.6 Å². The van der Waals surface area contributed by atoms with Crippen molar-refractivity contribution < 1.29 is 4.79 Å². The molecule has 0 spiro atoms. The number of carbonyl (C=O) groups is 1. The molecule has 0 aliphatic heterocycles.